The van der Waals surface area contributed by atoms with E-state index in [1.54, 1.807) is 0 Å². The van der Waals surface area contributed by atoms with Gasteiger partial charge in [0.1, 0.15) is 17.4 Å². The number of ether oxygens (including phenoxy) is 1. The number of hydrogen-bond acceptors (Lipinski definition) is 3. The molecule has 2 rings (SSSR count). The van der Waals surface area contributed by atoms with E-state index >= 15 is 0 Å². The number of halogens is 2. The minimum atomic E-state index is -0.735. The summed E-state index contributed by atoms with van der Waals surface area (Å²) in [5, 5.41) is 0. The zero-order valence-electron chi connectivity index (χ0n) is 10.2. The molecule has 0 saturated carbocycles. The van der Waals surface area contributed by atoms with E-state index in [-0.39, 0.29) is 23.3 Å². The lowest BCUT2D eigenvalue weighted by molar-refractivity contribution is 0.0987. The molecule has 0 fully saturated rings. The maximum absolute atomic E-state index is 13.5. The Kier molecular flexibility index (Phi) is 3.85. The molecule has 0 saturated heterocycles. The first-order valence-corrected chi connectivity index (χ1v) is 5.57. The summed E-state index contributed by atoms with van der Waals surface area (Å²) < 4.78 is 31.9. The van der Waals surface area contributed by atoms with Crippen LogP contribution in [0.5, 0.6) is 5.75 Å². The van der Waals surface area contributed by atoms with Crippen LogP contribution in [0.2, 0.25) is 0 Å². The highest BCUT2D eigenvalue weighted by molar-refractivity contribution is 5.99. The Morgan fingerprint density at radius 1 is 1.26 bits per heavy atom. The second-order valence-corrected chi connectivity index (χ2v) is 3.88. The first kappa shape index (κ1) is 13.1. The SMILES string of the molecule is COc1cnccc1C(=O)Cc1c(F)cccc1F. The van der Waals surface area contributed by atoms with Crippen molar-refractivity contribution in [2.45, 2.75) is 6.42 Å². The number of methoxy groups -OCH3 is 1. The number of rotatable bonds is 4. The van der Waals surface area contributed by atoms with Crippen molar-refractivity contribution in [1.29, 1.82) is 0 Å². The summed E-state index contributed by atoms with van der Waals surface area (Å²) in [6, 6.07) is 4.95. The molecular formula is C14H11F2NO2. The summed E-state index contributed by atoms with van der Waals surface area (Å²) in [6.07, 6.45) is 2.44. The van der Waals surface area contributed by atoms with Crippen molar-refractivity contribution < 1.29 is 18.3 Å². The van der Waals surface area contributed by atoms with Crippen molar-refractivity contribution in [3.8, 4) is 5.75 Å². The third-order valence-corrected chi connectivity index (χ3v) is 2.70. The number of carbonyl (C=O) groups is 1. The van der Waals surface area contributed by atoms with Crippen LogP contribution in [-0.4, -0.2) is 17.9 Å². The van der Waals surface area contributed by atoms with Crippen LogP contribution in [0.25, 0.3) is 0 Å². The van der Waals surface area contributed by atoms with Gasteiger partial charge in [-0.1, -0.05) is 6.07 Å². The molecule has 0 aliphatic rings. The Morgan fingerprint density at radius 3 is 2.58 bits per heavy atom. The number of hydrogen-bond donors (Lipinski definition) is 0. The molecule has 0 unspecified atom stereocenters. The zero-order chi connectivity index (χ0) is 13.8. The lowest BCUT2D eigenvalue weighted by Gasteiger charge is -2.07. The van der Waals surface area contributed by atoms with Crippen molar-refractivity contribution in [2.75, 3.05) is 7.11 Å². The van der Waals surface area contributed by atoms with Gasteiger partial charge in [0.25, 0.3) is 0 Å². The van der Waals surface area contributed by atoms with E-state index < -0.39 is 17.4 Å². The second kappa shape index (κ2) is 5.56. The van der Waals surface area contributed by atoms with Crippen LogP contribution in [0.1, 0.15) is 15.9 Å². The molecule has 5 heteroatoms. The fourth-order valence-electron chi connectivity index (χ4n) is 1.73. The van der Waals surface area contributed by atoms with Crippen LogP contribution in [0.3, 0.4) is 0 Å². The lowest BCUT2D eigenvalue weighted by atomic mass is 10.0. The monoisotopic (exact) mass is 263 g/mol. The summed E-state index contributed by atoms with van der Waals surface area (Å²) in [4.78, 5) is 15.9. The molecule has 1 aromatic carbocycles. The zero-order valence-corrected chi connectivity index (χ0v) is 10.2. The molecule has 0 atom stereocenters. The number of nitrogens with zero attached hydrogens (tertiary/aromatic N) is 1. The summed E-state index contributed by atoms with van der Waals surface area (Å²) in [6.45, 7) is 0. The van der Waals surface area contributed by atoms with Crippen molar-refractivity contribution in [3.05, 3.63) is 59.4 Å². The van der Waals surface area contributed by atoms with Gasteiger partial charge in [-0.25, -0.2) is 8.78 Å². The first-order valence-electron chi connectivity index (χ1n) is 5.57. The summed E-state index contributed by atoms with van der Waals surface area (Å²) in [5.74, 6) is -1.62. The molecule has 98 valence electrons. The molecule has 0 N–H and O–H groups in total. The van der Waals surface area contributed by atoms with Crippen LogP contribution in [0, 0.1) is 11.6 Å². The Labute approximate surface area is 108 Å². The van der Waals surface area contributed by atoms with Gasteiger partial charge in [0.05, 0.1) is 18.9 Å². The molecule has 0 amide bonds. The van der Waals surface area contributed by atoms with Gasteiger partial charge in [0.2, 0.25) is 0 Å². The van der Waals surface area contributed by atoms with E-state index in [1.165, 1.54) is 31.6 Å². The number of benzene rings is 1. The average molecular weight is 263 g/mol. The second-order valence-electron chi connectivity index (χ2n) is 3.88. The normalized spacial score (nSPS) is 10.3. The van der Waals surface area contributed by atoms with E-state index in [0.29, 0.717) is 0 Å². The molecule has 2 aromatic rings. The van der Waals surface area contributed by atoms with Gasteiger partial charge in [-0.15, -0.1) is 0 Å². The van der Waals surface area contributed by atoms with E-state index in [1.807, 2.05) is 0 Å². The van der Waals surface area contributed by atoms with E-state index in [0.717, 1.165) is 12.1 Å². The fourth-order valence-corrected chi connectivity index (χ4v) is 1.73. The van der Waals surface area contributed by atoms with Crippen LogP contribution < -0.4 is 4.74 Å². The van der Waals surface area contributed by atoms with Gasteiger partial charge in [-0.2, -0.15) is 0 Å². The highest BCUT2D eigenvalue weighted by atomic mass is 19.1. The average Bonchev–Trinajstić information content (AvgIpc) is 2.42. The van der Waals surface area contributed by atoms with E-state index in [2.05, 4.69) is 4.98 Å². The van der Waals surface area contributed by atoms with Crippen LogP contribution in [0.4, 0.5) is 8.78 Å². The molecule has 1 aromatic heterocycles. The molecule has 3 nitrogen and oxygen atoms in total. The summed E-state index contributed by atoms with van der Waals surface area (Å²) in [7, 11) is 1.40. The quantitative estimate of drug-likeness (QED) is 0.796. The minimum Gasteiger partial charge on any atom is -0.494 e. The van der Waals surface area contributed by atoms with Crippen LogP contribution >= 0.6 is 0 Å². The Hall–Kier alpha value is -2.30. The molecule has 0 aliphatic carbocycles. The topological polar surface area (TPSA) is 39.2 Å². The Morgan fingerprint density at radius 2 is 1.95 bits per heavy atom. The molecule has 19 heavy (non-hydrogen) atoms. The number of aromatic nitrogens is 1. The van der Waals surface area contributed by atoms with Gasteiger partial charge in [-0.05, 0) is 18.2 Å². The lowest BCUT2D eigenvalue weighted by Crippen LogP contribution is -2.09. The van der Waals surface area contributed by atoms with E-state index in [4.69, 9.17) is 4.74 Å². The molecule has 0 radical (unpaired) electrons. The number of Topliss-reactive ketones (excluding diaryl/α,β-unsaturated/α-hetero) is 1. The Bertz CT molecular complexity index is 594. The van der Waals surface area contributed by atoms with E-state index in [9.17, 15) is 13.6 Å². The van der Waals surface area contributed by atoms with Crippen LogP contribution in [-0.2, 0) is 6.42 Å². The van der Waals surface area contributed by atoms with Gasteiger partial charge in [0.15, 0.2) is 5.78 Å². The Balaban J connectivity index is 2.31. The van der Waals surface area contributed by atoms with Crippen LogP contribution in [0.15, 0.2) is 36.7 Å². The highest BCUT2D eigenvalue weighted by Gasteiger charge is 2.17. The number of ketones is 1. The maximum atomic E-state index is 13.5. The third-order valence-electron chi connectivity index (χ3n) is 2.70. The van der Waals surface area contributed by atoms with Crippen molar-refractivity contribution in [2.24, 2.45) is 0 Å². The molecular weight excluding hydrogens is 252 g/mol. The first-order chi connectivity index (χ1) is 9.13. The molecule has 1 heterocycles. The standard InChI is InChI=1S/C14H11F2NO2/c1-19-14-8-17-6-5-9(14)13(18)7-10-11(15)3-2-4-12(10)16/h2-6,8H,7H2,1H3. The minimum absolute atomic E-state index is 0.244. The maximum Gasteiger partial charge on any atom is 0.171 e. The molecule has 0 bridgehead atoms. The van der Waals surface area contributed by atoms with Gasteiger partial charge >= 0.3 is 0 Å². The molecule has 0 spiro atoms. The summed E-state index contributed by atoms with van der Waals surface area (Å²) in [5.41, 5.74) is 0.00604. The molecule has 0 aliphatic heterocycles. The predicted molar refractivity (Wildman–Crippen MR) is 65.2 cm³/mol. The van der Waals surface area contributed by atoms with Gasteiger partial charge < -0.3 is 4.74 Å². The van der Waals surface area contributed by atoms with Crippen molar-refractivity contribution in [1.82, 2.24) is 4.98 Å². The number of pyridine rings is 1. The largest absolute Gasteiger partial charge is 0.494 e. The summed E-state index contributed by atoms with van der Waals surface area (Å²) >= 11 is 0. The van der Waals surface area contributed by atoms with Gasteiger partial charge in [0, 0.05) is 18.2 Å². The number of carbonyl (C=O) groups excluding carboxylic acids is 1. The van der Waals surface area contributed by atoms with Crippen molar-refractivity contribution in [3.63, 3.8) is 0 Å². The third kappa shape index (κ3) is 2.76. The van der Waals surface area contributed by atoms with Crippen molar-refractivity contribution >= 4 is 5.78 Å². The predicted octanol–water partition coefficient (Wildman–Crippen LogP) is 2.79. The smallest absolute Gasteiger partial charge is 0.171 e. The fraction of sp³-hybridized carbons (Fsp3) is 0.143. The van der Waals surface area contributed by atoms with Gasteiger partial charge in [-0.3, -0.25) is 9.78 Å². The highest BCUT2D eigenvalue weighted by Crippen LogP contribution is 2.20.